The Balaban J connectivity index is 1.77. The van der Waals surface area contributed by atoms with Crippen LogP contribution in [0.15, 0.2) is 48.5 Å². The number of hydrogen-bond donors (Lipinski definition) is 1. The largest absolute Gasteiger partial charge is 0.490 e. The van der Waals surface area contributed by atoms with Gasteiger partial charge < -0.3 is 9.84 Å². The summed E-state index contributed by atoms with van der Waals surface area (Å²) in [5, 5.41) is 10.7. The second-order valence-electron chi connectivity index (χ2n) is 5.92. The zero-order valence-corrected chi connectivity index (χ0v) is 12.1. The van der Waals surface area contributed by atoms with E-state index in [-0.39, 0.29) is 5.82 Å². The van der Waals surface area contributed by atoms with E-state index in [4.69, 9.17) is 4.74 Å². The zero-order chi connectivity index (χ0) is 14.9. The highest BCUT2D eigenvalue weighted by Gasteiger charge is 2.26. The number of ether oxygens (including phenoxy) is 1. The lowest BCUT2D eigenvalue weighted by Gasteiger charge is -2.24. The molecule has 1 saturated carbocycles. The molecule has 0 spiro atoms. The van der Waals surface area contributed by atoms with Crippen LogP contribution in [-0.2, 0) is 12.0 Å². The summed E-state index contributed by atoms with van der Waals surface area (Å²) in [6.45, 7) is 1.77. The van der Waals surface area contributed by atoms with E-state index in [0.717, 1.165) is 29.7 Å². The molecule has 0 aromatic heterocycles. The van der Waals surface area contributed by atoms with Crippen molar-refractivity contribution in [1.82, 2.24) is 0 Å². The van der Waals surface area contributed by atoms with Crippen LogP contribution in [0.1, 0.15) is 30.9 Å². The van der Waals surface area contributed by atoms with Gasteiger partial charge in [0.15, 0.2) is 0 Å². The fourth-order valence-corrected chi connectivity index (χ4v) is 2.38. The Morgan fingerprint density at radius 1 is 1.19 bits per heavy atom. The summed E-state index contributed by atoms with van der Waals surface area (Å²) < 4.78 is 18.7. The first-order valence-corrected chi connectivity index (χ1v) is 7.27. The van der Waals surface area contributed by atoms with E-state index in [1.54, 1.807) is 19.1 Å². The van der Waals surface area contributed by atoms with Gasteiger partial charge in [0.1, 0.15) is 11.6 Å². The Morgan fingerprint density at radius 3 is 2.57 bits per heavy atom. The van der Waals surface area contributed by atoms with Gasteiger partial charge in [-0.2, -0.15) is 0 Å². The van der Waals surface area contributed by atoms with Crippen molar-refractivity contribution in [2.45, 2.75) is 37.9 Å². The molecule has 1 fully saturated rings. The van der Waals surface area contributed by atoms with Crippen LogP contribution in [0.2, 0.25) is 0 Å². The Morgan fingerprint density at radius 2 is 1.90 bits per heavy atom. The first-order chi connectivity index (χ1) is 10.0. The zero-order valence-electron chi connectivity index (χ0n) is 12.1. The van der Waals surface area contributed by atoms with E-state index >= 15 is 0 Å². The smallest absolute Gasteiger partial charge is 0.123 e. The van der Waals surface area contributed by atoms with Gasteiger partial charge in [-0.1, -0.05) is 24.3 Å². The molecule has 1 unspecified atom stereocenters. The van der Waals surface area contributed by atoms with E-state index in [1.165, 1.54) is 12.1 Å². The molecule has 1 aliphatic rings. The molecule has 0 bridgehead atoms. The Hall–Kier alpha value is -1.87. The maximum absolute atomic E-state index is 12.9. The van der Waals surface area contributed by atoms with Gasteiger partial charge in [0, 0.05) is 6.42 Å². The molecule has 0 saturated heterocycles. The highest BCUT2D eigenvalue weighted by Crippen LogP contribution is 2.31. The summed E-state index contributed by atoms with van der Waals surface area (Å²) in [6, 6.07) is 13.8. The molecule has 1 N–H and O–H groups in total. The number of aliphatic hydroxyl groups is 1. The molecule has 3 heteroatoms. The van der Waals surface area contributed by atoms with Crippen molar-refractivity contribution in [3.05, 3.63) is 65.5 Å². The standard InChI is InChI=1S/C18H19FO2/c1-18(20,12-13-5-7-15(19)8-6-13)14-3-2-4-17(11-14)21-16-9-10-16/h2-8,11,16,20H,9-10,12H2,1H3. The molecule has 1 atom stereocenters. The first-order valence-electron chi connectivity index (χ1n) is 7.27. The van der Waals surface area contributed by atoms with E-state index in [1.807, 2.05) is 24.3 Å². The summed E-state index contributed by atoms with van der Waals surface area (Å²) in [4.78, 5) is 0. The Kier molecular flexibility index (Phi) is 3.68. The van der Waals surface area contributed by atoms with E-state index < -0.39 is 5.60 Å². The third-order valence-electron chi connectivity index (χ3n) is 3.74. The average Bonchev–Trinajstić information content (AvgIpc) is 3.25. The molecule has 2 aromatic carbocycles. The highest BCUT2D eigenvalue weighted by atomic mass is 19.1. The van der Waals surface area contributed by atoms with Crippen molar-refractivity contribution in [3.8, 4) is 5.75 Å². The van der Waals surface area contributed by atoms with Gasteiger partial charge in [0.25, 0.3) is 0 Å². The summed E-state index contributed by atoms with van der Waals surface area (Å²) in [7, 11) is 0. The summed E-state index contributed by atoms with van der Waals surface area (Å²) in [6.07, 6.45) is 2.98. The van der Waals surface area contributed by atoms with Crippen LogP contribution in [0.4, 0.5) is 4.39 Å². The monoisotopic (exact) mass is 286 g/mol. The van der Waals surface area contributed by atoms with Gasteiger partial charge in [-0.15, -0.1) is 0 Å². The maximum atomic E-state index is 12.9. The summed E-state index contributed by atoms with van der Waals surface area (Å²) in [5.74, 6) is 0.535. The van der Waals surface area contributed by atoms with Crippen LogP contribution in [0.5, 0.6) is 5.75 Å². The van der Waals surface area contributed by atoms with Crippen LogP contribution in [0, 0.1) is 5.82 Å². The minimum Gasteiger partial charge on any atom is -0.490 e. The quantitative estimate of drug-likeness (QED) is 0.905. The average molecular weight is 286 g/mol. The highest BCUT2D eigenvalue weighted by molar-refractivity contribution is 5.34. The first kappa shape index (κ1) is 14.1. The SMILES string of the molecule is CC(O)(Cc1ccc(F)cc1)c1cccc(OC2CC2)c1. The van der Waals surface area contributed by atoms with Crippen LogP contribution >= 0.6 is 0 Å². The van der Waals surface area contributed by atoms with Gasteiger partial charge in [0.2, 0.25) is 0 Å². The normalized spacial score (nSPS) is 17.3. The van der Waals surface area contributed by atoms with E-state index in [0.29, 0.717) is 12.5 Å². The predicted molar refractivity (Wildman–Crippen MR) is 79.8 cm³/mol. The molecular formula is C18H19FO2. The fourth-order valence-electron chi connectivity index (χ4n) is 2.38. The third-order valence-corrected chi connectivity index (χ3v) is 3.74. The summed E-state index contributed by atoms with van der Waals surface area (Å²) >= 11 is 0. The molecule has 0 heterocycles. The fraction of sp³-hybridized carbons (Fsp3) is 0.333. The Bertz CT molecular complexity index is 615. The maximum Gasteiger partial charge on any atom is 0.123 e. The van der Waals surface area contributed by atoms with Crippen LogP contribution in [-0.4, -0.2) is 11.2 Å². The Labute approximate surface area is 124 Å². The lowest BCUT2D eigenvalue weighted by molar-refractivity contribution is 0.0572. The van der Waals surface area contributed by atoms with Gasteiger partial charge in [-0.3, -0.25) is 0 Å². The summed E-state index contributed by atoms with van der Waals surface area (Å²) in [5.41, 5.74) is 0.695. The molecule has 0 radical (unpaired) electrons. The molecule has 2 nitrogen and oxygen atoms in total. The predicted octanol–water partition coefficient (Wildman–Crippen LogP) is 3.82. The molecule has 2 aromatic rings. The molecule has 0 aliphatic heterocycles. The lowest BCUT2D eigenvalue weighted by atomic mass is 9.89. The van der Waals surface area contributed by atoms with Crippen molar-refractivity contribution in [3.63, 3.8) is 0 Å². The van der Waals surface area contributed by atoms with Crippen molar-refractivity contribution in [2.24, 2.45) is 0 Å². The minimum absolute atomic E-state index is 0.266. The molecule has 3 rings (SSSR count). The van der Waals surface area contributed by atoms with E-state index in [2.05, 4.69) is 0 Å². The van der Waals surface area contributed by atoms with Crippen LogP contribution in [0.3, 0.4) is 0 Å². The molecule has 1 aliphatic carbocycles. The number of benzene rings is 2. The number of hydrogen-bond acceptors (Lipinski definition) is 2. The number of halogens is 1. The lowest BCUT2D eigenvalue weighted by Crippen LogP contribution is -2.24. The molecule has 0 amide bonds. The van der Waals surface area contributed by atoms with Gasteiger partial charge >= 0.3 is 0 Å². The van der Waals surface area contributed by atoms with Crippen LogP contribution < -0.4 is 4.74 Å². The van der Waals surface area contributed by atoms with Gasteiger partial charge in [-0.25, -0.2) is 4.39 Å². The topological polar surface area (TPSA) is 29.5 Å². The van der Waals surface area contributed by atoms with Gasteiger partial charge in [-0.05, 0) is 55.2 Å². The van der Waals surface area contributed by atoms with Crippen molar-refractivity contribution in [1.29, 1.82) is 0 Å². The van der Waals surface area contributed by atoms with Crippen molar-refractivity contribution in [2.75, 3.05) is 0 Å². The molecule has 110 valence electrons. The van der Waals surface area contributed by atoms with Gasteiger partial charge in [0.05, 0.1) is 11.7 Å². The van der Waals surface area contributed by atoms with E-state index in [9.17, 15) is 9.50 Å². The minimum atomic E-state index is -1.01. The third kappa shape index (κ3) is 3.61. The molecule has 21 heavy (non-hydrogen) atoms. The second-order valence-corrected chi connectivity index (χ2v) is 5.92. The second kappa shape index (κ2) is 5.49. The van der Waals surface area contributed by atoms with Crippen molar-refractivity contribution < 1.29 is 14.2 Å². The molecular weight excluding hydrogens is 267 g/mol. The number of rotatable bonds is 5. The van der Waals surface area contributed by atoms with Crippen molar-refractivity contribution >= 4 is 0 Å². The van der Waals surface area contributed by atoms with Crippen LogP contribution in [0.25, 0.3) is 0 Å².